The number of carbonyl (C=O) groups excluding carboxylic acids is 1. The zero-order chi connectivity index (χ0) is 10.8. The average Bonchev–Trinajstić information content (AvgIpc) is 2.66. The second-order valence-corrected chi connectivity index (χ2v) is 4.47. The average molecular weight is 241 g/mol. The van der Waals surface area contributed by atoms with E-state index in [4.69, 9.17) is 11.6 Å². The molecular weight excluding hydrogens is 235 g/mol. The van der Waals surface area contributed by atoms with E-state index >= 15 is 0 Å². The molecule has 1 aromatic heterocycles. The lowest BCUT2D eigenvalue weighted by Crippen LogP contribution is -1.77. The second-order valence-electron chi connectivity index (χ2n) is 2.94. The van der Waals surface area contributed by atoms with Crippen molar-refractivity contribution in [2.75, 3.05) is 0 Å². The normalized spacial score (nSPS) is 10.3. The van der Waals surface area contributed by atoms with Crippen LogP contribution in [0.25, 0.3) is 10.4 Å². The molecular formula is C11H6ClFOS. The third-order valence-electron chi connectivity index (χ3n) is 1.94. The summed E-state index contributed by atoms with van der Waals surface area (Å²) >= 11 is 7.23. The number of rotatable bonds is 2. The zero-order valence-corrected chi connectivity index (χ0v) is 9.11. The molecule has 1 nitrogen and oxygen atoms in total. The van der Waals surface area contributed by atoms with Crippen molar-refractivity contribution in [1.29, 1.82) is 0 Å². The van der Waals surface area contributed by atoms with Gasteiger partial charge in [-0.25, -0.2) is 4.39 Å². The van der Waals surface area contributed by atoms with Crippen molar-refractivity contribution in [3.8, 4) is 10.4 Å². The summed E-state index contributed by atoms with van der Waals surface area (Å²) in [6.45, 7) is 0. The molecule has 0 bridgehead atoms. The van der Waals surface area contributed by atoms with Crippen molar-refractivity contribution < 1.29 is 9.18 Å². The second kappa shape index (κ2) is 4.13. The molecule has 0 amide bonds. The first-order valence-corrected chi connectivity index (χ1v) is 5.40. The monoisotopic (exact) mass is 240 g/mol. The van der Waals surface area contributed by atoms with E-state index in [-0.39, 0.29) is 5.82 Å². The summed E-state index contributed by atoms with van der Waals surface area (Å²) in [5.41, 5.74) is 0.746. The minimum atomic E-state index is -0.365. The van der Waals surface area contributed by atoms with Gasteiger partial charge < -0.3 is 0 Å². The van der Waals surface area contributed by atoms with Gasteiger partial charge in [0.2, 0.25) is 0 Å². The lowest BCUT2D eigenvalue weighted by Gasteiger charge is -2.00. The largest absolute Gasteiger partial charge is 0.297 e. The van der Waals surface area contributed by atoms with Gasteiger partial charge >= 0.3 is 0 Å². The maximum Gasteiger partial charge on any atom is 0.160 e. The van der Waals surface area contributed by atoms with Crippen LogP contribution in [0.2, 0.25) is 5.02 Å². The Kier molecular flexibility index (Phi) is 2.84. The lowest BCUT2D eigenvalue weighted by atomic mass is 10.2. The number of aldehydes is 1. The van der Waals surface area contributed by atoms with Crippen molar-refractivity contribution in [2.24, 2.45) is 0 Å². The van der Waals surface area contributed by atoms with Crippen LogP contribution in [-0.2, 0) is 0 Å². The van der Waals surface area contributed by atoms with E-state index in [2.05, 4.69) is 0 Å². The van der Waals surface area contributed by atoms with E-state index in [1.807, 2.05) is 0 Å². The highest BCUT2D eigenvalue weighted by atomic mass is 35.5. The van der Waals surface area contributed by atoms with Crippen molar-refractivity contribution in [2.45, 2.75) is 0 Å². The lowest BCUT2D eigenvalue weighted by molar-refractivity contribution is 0.112. The van der Waals surface area contributed by atoms with E-state index in [1.54, 1.807) is 18.2 Å². The van der Waals surface area contributed by atoms with Gasteiger partial charge in [-0.05, 0) is 30.3 Å². The van der Waals surface area contributed by atoms with Crippen LogP contribution in [0.1, 0.15) is 9.67 Å². The minimum absolute atomic E-state index is 0.356. The Labute approximate surface area is 95.1 Å². The Hall–Kier alpha value is -1.19. The van der Waals surface area contributed by atoms with Crippen LogP contribution in [0.5, 0.6) is 0 Å². The maximum absolute atomic E-state index is 12.8. The van der Waals surface area contributed by atoms with Gasteiger partial charge in [-0.2, -0.15) is 0 Å². The summed E-state index contributed by atoms with van der Waals surface area (Å²) < 4.78 is 12.8. The Morgan fingerprint density at radius 3 is 2.67 bits per heavy atom. The summed E-state index contributed by atoms with van der Waals surface area (Å²) in [7, 11) is 0. The van der Waals surface area contributed by atoms with Gasteiger partial charge in [-0.15, -0.1) is 11.3 Å². The molecule has 0 radical (unpaired) electrons. The first-order valence-electron chi connectivity index (χ1n) is 4.21. The van der Waals surface area contributed by atoms with Crippen LogP contribution in [-0.4, -0.2) is 6.29 Å². The predicted molar refractivity (Wildman–Crippen MR) is 60.1 cm³/mol. The quantitative estimate of drug-likeness (QED) is 0.725. The maximum atomic E-state index is 12.8. The van der Waals surface area contributed by atoms with Crippen molar-refractivity contribution in [3.05, 3.63) is 46.0 Å². The summed E-state index contributed by atoms with van der Waals surface area (Å²) in [6, 6.07) is 7.73. The van der Waals surface area contributed by atoms with Gasteiger partial charge in [0.25, 0.3) is 0 Å². The van der Waals surface area contributed by atoms with Crippen molar-refractivity contribution in [1.82, 2.24) is 0 Å². The number of hydrogen-bond donors (Lipinski definition) is 0. The third-order valence-corrected chi connectivity index (χ3v) is 3.30. The molecule has 0 saturated heterocycles. The van der Waals surface area contributed by atoms with Crippen molar-refractivity contribution >= 4 is 29.2 Å². The smallest absolute Gasteiger partial charge is 0.160 e. The van der Waals surface area contributed by atoms with Gasteiger partial charge in [0.15, 0.2) is 6.29 Å². The molecule has 1 aromatic carbocycles. The Morgan fingerprint density at radius 2 is 2.07 bits per heavy atom. The zero-order valence-electron chi connectivity index (χ0n) is 7.54. The molecule has 0 unspecified atom stereocenters. The number of halogens is 2. The standard InChI is InChI=1S/C11H6ClFOS/c12-10-5-7(13)1-3-9(10)11-4-2-8(6-14)15-11/h1-6H. The van der Waals surface area contributed by atoms with Gasteiger partial charge in [0, 0.05) is 10.4 Å². The van der Waals surface area contributed by atoms with Gasteiger partial charge in [0.05, 0.1) is 9.90 Å². The number of carbonyl (C=O) groups is 1. The third kappa shape index (κ3) is 2.08. The summed E-state index contributed by atoms with van der Waals surface area (Å²) in [5, 5.41) is 0.356. The molecule has 15 heavy (non-hydrogen) atoms. The highest BCUT2D eigenvalue weighted by Crippen LogP contribution is 2.33. The molecule has 0 fully saturated rings. The van der Waals surface area contributed by atoms with E-state index in [1.165, 1.54) is 23.5 Å². The first-order chi connectivity index (χ1) is 7.20. The summed E-state index contributed by atoms with van der Waals surface area (Å²) in [6.07, 6.45) is 0.783. The molecule has 0 atom stereocenters. The summed E-state index contributed by atoms with van der Waals surface area (Å²) in [5.74, 6) is -0.365. The molecule has 2 rings (SSSR count). The van der Waals surface area contributed by atoms with E-state index in [0.29, 0.717) is 9.90 Å². The van der Waals surface area contributed by atoms with Gasteiger partial charge in [-0.1, -0.05) is 11.6 Å². The Balaban J connectivity index is 2.49. The first kappa shape index (κ1) is 10.3. The number of hydrogen-bond acceptors (Lipinski definition) is 2. The highest BCUT2D eigenvalue weighted by Gasteiger charge is 2.07. The van der Waals surface area contributed by atoms with Crippen LogP contribution in [0.4, 0.5) is 4.39 Å². The van der Waals surface area contributed by atoms with Crippen LogP contribution in [0.15, 0.2) is 30.3 Å². The molecule has 2 aromatic rings. The summed E-state index contributed by atoms with van der Waals surface area (Å²) in [4.78, 5) is 12.0. The van der Waals surface area contributed by atoms with Crippen molar-refractivity contribution in [3.63, 3.8) is 0 Å². The fraction of sp³-hybridized carbons (Fsp3) is 0. The Morgan fingerprint density at radius 1 is 1.27 bits per heavy atom. The Bertz CT molecular complexity index is 507. The molecule has 0 aliphatic rings. The molecule has 0 aliphatic heterocycles. The van der Waals surface area contributed by atoms with Crippen LogP contribution in [0, 0.1) is 5.82 Å². The van der Waals surface area contributed by atoms with E-state index in [9.17, 15) is 9.18 Å². The molecule has 1 heterocycles. The minimum Gasteiger partial charge on any atom is -0.297 e. The van der Waals surface area contributed by atoms with E-state index in [0.717, 1.165) is 16.7 Å². The van der Waals surface area contributed by atoms with Crippen LogP contribution < -0.4 is 0 Å². The van der Waals surface area contributed by atoms with Gasteiger partial charge in [0.1, 0.15) is 5.82 Å². The molecule has 0 N–H and O–H groups in total. The van der Waals surface area contributed by atoms with E-state index < -0.39 is 0 Å². The fourth-order valence-electron chi connectivity index (χ4n) is 1.25. The number of thiophene rings is 1. The molecule has 0 aliphatic carbocycles. The predicted octanol–water partition coefficient (Wildman–Crippen LogP) is 4.02. The molecule has 76 valence electrons. The number of benzene rings is 1. The SMILES string of the molecule is O=Cc1ccc(-c2ccc(F)cc2Cl)s1. The molecule has 0 spiro atoms. The molecule has 4 heteroatoms. The fourth-order valence-corrected chi connectivity index (χ4v) is 2.44. The van der Waals surface area contributed by atoms with Crippen LogP contribution >= 0.6 is 22.9 Å². The molecule has 0 saturated carbocycles. The highest BCUT2D eigenvalue weighted by molar-refractivity contribution is 7.17. The van der Waals surface area contributed by atoms with Crippen LogP contribution in [0.3, 0.4) is 0 Å². The van der Waals surface area contributed by atoms with Gasteiger partial charge in [-0.3, -0.25) is 4.79 Å². The topological polar surface area (TPSA) is 17.1 Å².